The van der Waals surface area contributed by atoms with Crippen molar-refractivity contribution in [2.75, 3.05) is 4.90 Å². The van der Waals surface area contributed by atoms with Crippen molar-refractivity contribution >= 4 is 50.2 Å². The lowest BCUT2D eigenvalue weighted by atomic mass is 10.1. The Balaban J connectivity index is 1.99. The van der Waals surface area contributed by atoms with Gasteiger partial charge in [-0.15, -0.1) is 0 Å². The molecule has 0 spiro atoms. The largest absolute Gasteiger partial charge is 0.389 e. The predicted octanol–water partition coefficient (Wildman–Crippen LogP) is 4.31. The third-order valence-corrected chi connectivity index (χ3v) is 5.07. The highest BCUT2D eigenvalue weighted by atomic mass is 79.9. The Bertz CT molecular complexity index is 621. The molecule has 2 aromatic rings. The summed E-state index contributed by atoms with van der Waals surface area (Å²) in [5.41, 5.74) is 9.36. The first kappa shape index (κ1) is 14.0. The summed E-state index contributed by atoms with van der Waals surface area (Å²) in [6, 6.07) is 8.94. The molecule has 1 aliphatic carbocycles. The minimum absolute atomic E-state index is 0.448. The van der Waals surface area contributed by atoms with Gasteiger partial charge in [-0.3, -0.25) is 0 Å². The highest BCUT2D eigenvalue weighted by Gasteiger charge is 2.31. The van der Waals surface area contributed by atoms with Crippen LogP contribution in [0.15, 0.2) is 39.5 Å². The van der Waals surface area contributed by atoms with Gasteiger partial charge in [-0.25, -0.2) is 0 Å². The summed E-state index contributed by atoms with van der Waals surface area (Å²) in [6.07, 6.45) is 2.49. The molecule has 0 unspecified atom stereocenters. The topological polar surface area (TPSA) is 29.3 Å². The molecule has 1 aromatic heterocycles. The van der Waals surface area contributed by atoms with Crippen molar-refractivity contribution in [2.24, 2.45) is 5.73 Å². The first-order valence-electron chi connectivity index (χ1n) is 6.53. The molecule has 0 amide bonds. The summed E-state index contributed by atoms with van der Waals surface area (Å²) in [6.45, 7) is 0.917. The molecule has 104 valence electrons. The fourth-order valence-electron chi connectivity index (χ4n) is 2.37. The van der Waals surface area contributed by atoms with E-state index in [-0.39, 0.29) is 0 Å². The predicted molar refractivity (Wildman–Crippen MR) is 93.6 cm³/mol. The van der Waals surface area contributed by atoms with E-state index in [1.165, 1.54) is 18.4 Å². The maximum atomic E-state index is 5.92. The molecule has 0 atom stereocenters. The maximum Gasteiger partial charge on any atom is 0.107 e. The summed E-state index contributed by atoms with van der Waals surface area (Å²) in [5, 5.41) is 4.32. The Kier molecular flexibility index (Phi) is 4.10. The number of anilines is 1. The molecule has 0 aliphatic heterocycles. The van der Waals surface area contributed by atoms with E-state index in [2.05, 4.69) is 43.7 Å². The average molecular weight is 367 g/mol. The van der Waals surface area contributed by atoms with E-state index in [9.17, 15) is 0 Å². The van der Waals surface area contributed by atoms with E-state index in [1.807, 2.05) is 12.1 Å². The lowest BCUT2D eigenvalue weighted by Gasteiger charge is -2.27. The third kappa shape index (κ3) is 2.90. The molecule has 20 heavy (non-hydrogen) atoms. The summed E-state index contributed by atoms with van der Waals surface area (Å²) in [4.78, 5) is 2.88. The van der Waals surface area contributed by atoms with E-state index < -0.39 is 0 Å². The van der Waals surface area contributed by atoms with Crippen molar-refractivity contribution in [1.29, 1.82) is 0 Å². The van der Waals surface area contributed by atoms with E-state index in [4.69, 9.17) is 18.0 Å². The lowest BCUT2D eigenvalue weighted by Crippen LogP contribution is -2.28. The second-order valence-electron chi connectivity index (χ2n) is 4.99. The fraction of sp³-hybridized carbons (Fsp3) is 0.267. The van der Waals surface area contributed by atoms with Crippen LogP contribution in [0.1, 0.15) is 24.0 Å². The first-order chi connectivity index (χ1) is 9.66. The fourth-order valence-corrected chi connectivity index (χ4v) is 3.95. The number of hydrogen-bond donors (Lipinski definition) is 1. The van der Waals surface area contributed by atoms with E-state index >= 15 is 0 Å². The van der Waals surface area contributed by atoms with E-state index in [0.29, 0.717) is 11.0 Å². The monoisotopic (exact) mass is 366 g/mol. The average Bonchev–Trinajstić information content (AvgIpc) is 3.12. The first-order valence-corrected chi connectivity index (χ1v) is 8.67. The zero-order valence-electron chi connectivity index (χ0n) is 10.9. The van der Waals surface area contributed by atoms with Crippen LogP contribution in [0, 0.1) is 0 Å². The summed E-state index contributed by atoms with van der Waals surface area (Å²) >= 11 is 10.5. The van der Waals surface area contributed by atoms with E-state index in [1.54, 1.807) is 11.3 Å². The molecule has 5 heteroatoms. The van der Waals surface area contributed by atoms with Gasteiger partial charge >= 0.3 is 0 Å². The zero-order chi connectivity index (χ0) is 14.1. The number of thiophene rings is 1. The summed E-state index contributed by atoms with van der Waals surface area (Å²) in [5.74, 6) is 0. The zero-order valence-corrected chi connectivity index (χ0v) is 14.1. The van der Waals surface area contributed by atoms with Crippen LogP contribution in [0.2, 0.25) is 0 Å². The SMILES string of the molecule is NC(=S)c1c(Br)cccc1N(Cc1ccsc1)C1CC1. The van der Waals surface area contributed by atoms with Gasteiger partial charge in [-0.1, -0.05) is 18.3 Å². The lowest BCUT2D eigenvalue weighted by molar-refractivity contribution is 0.795. The molecule has 1 aliphatic rings. The summed E-state index contributed by atoms with van der Waals surface area (Å²) in [7, 11) is 0. The van der Waals surface area contributed by atoms with Gasteiger partial charge in [-0.2, -0.15) is 11.3 Å². The minimum Gasteiger partial charge on any atom is -0.389 e. The molecule has 3 rings (SSSR count). The number of nitrogens with zero attached hydrogens (tertiary/aromatic N) is 1. The Morgan fingerprint density at radius 2 is 2.20 bits per heavy atom. The van der Waals surface area contributed by atoms with Crippen molar-refractivity contribution in [1.82, 2.24) is 0 Å². The number of rotatable bonds is 5. The third-order valence-electron chi connectivity index (χ3n) is 3.47. The molecule has 2 N–H and O–H groups in total. The number of nitrogens with two attached hydrogens (primary N) is 1. The molecule has 1 heterocycles. The van der Waals surface area contributed by atoms with Crippen LogP contribution < -0.4 is 10.6 Å². The molecule has 0 bridgehead atoms. The van der Waals surface area contributed by atoms with Crippen LogP contribution in [0.3, 0.4) is 0 Å². The molecule has 1 fully saturated rings. The van der Waals surface area contributed by atoms with Gasteiger partial charge in [0.25, 0.3) is 0 Å². The molecule has 0 saturated heterocycles. The number of hydrogen-bond acceptors (Lipinski definition) is 3. The van der Waals surface area contributed by atoms with Gasteiger partial charge in [-0.05, 0) is 63.3 Å². The van der Waals surface area contributed by atoms with Gasteiger partial charge in [0, 0.05) is 28.3 Å². The molecule has 1 aromatic carbocycles. The van der Waals surface area contributed by atoms with Crippen LogP contribution in [0.5, 0.6) is 0 Å². The number of thiocarbonyl (C=S) groups is 1. The van der Waals surface area contributed by atoms with Gasteiger partial charge in [0.05, 0.1) is 0 Å². The standard InChI is InChI=1S/C15H15BrN2S2/c16-12-2-1-3-13(14(12)15(17)19)18(11-4-5-11)8-10-6-7-20-9-10/h1-3,6-7,9,11H,4-5,8H2,(H2,17,19). The second kappa shape index (κ2) is 5.84. The van der Waals surface area contributed by atoms with Crippen molar-refractivity contribution in [3.8, 4) is 0 Å². The maximum absolute atomic E-state index is 5.92. The van der Waals surface area contributed by atoms with Crippen LogP contribution in [0.4, 0.5) is 5.69 Å². The Labute approximate surface area is 136 Å². The minimum atomic E-state index is 0.448. The second-order valence-corrected chi connectivity index (χ2v) is 7.06. The molecule has 1 saturated carbocycles. The van der Waals surface area contributed by atoms with Crippen LogP contribution in [0.25, 0.3) is 0 Å². The van der Waals surface area contributed by atoms with E-state index in [0.717, 1.165) is 22.3 Å². The van der Waals surface area contributed by atoms with Crippen LogP contribution in [-0.4, -0.2) is 11.0 Å². The van der Waals surface area contributed by atoms with Gasteiger partial charge < -0.3 is 10.6 Å². The van der Waals surface area contributed by atoms with Gasteiger partial charge in [0.2, 0.25) is 0 Å². The Hall–Kier alpha value is -0.910. The Morgan fingerprint density at radius 3 is 2.80 bits per heavy atom. The highest BCUT2D eigenvalue weighted by molar-refractivity contribution is 9.10. The summed E-state index contributed by atoms with van der Waals surface area (Å²) < 4.78 is 0.971. The van der Waals surface area contributed by atoms with Crippen LogP contribution >= 0.6 is 39.5 Å². The van der Waals surface area contributed by atoms with Crippen molar-refractivity contribution in [3.05, 3.63) is 50.6 Å². The number of benzene rings is 1. The number of halogens is 1. The van der Waals surface area contributed by atoms with Crippen molar-refractivity contribution in [3.63, 3.8) is 0 Å². The van der Waals surface area contributed by atoms with Gasteiger partial charge in [0.1, 0.15) is 4.99 Å². The van der Waals surface area contributed by atoms with Crippen molar-refractivity contribution < 1.29 is 0 Å². The van der Waals surface area contributed by atoms with Gasteiger partial charge in [0.15, 0.2) is 0 Å². The molecular weight excluding hydrogens is 352 g/mol. The highest BCUT2D eigenvalue weighted by Crippen LogP contribution is 2.37. The molecular formula is C15H15BrN2S2. The molecule has 0 radical (unpaired) electrons. The van der Waals surface area contributed by atoms with Crippen molar-refractivity contribution in [2.45, 2.75) is 25.4 Å². The molecule has 2 nitrogen and oxygen atoms in total. The Morgan fingerprint density at radius 1 is 1.40 bits per heavy atom. The quantitative estimate of drug-likeness (QED) is 0.799. The normalized spacial score (nSPS) is 14.2. The smallest absolute Gasteiger partial charge is 0.107 e. The van der Waals surface area contributed by atoms with Crippen LogP contribution in [-0.2, 0) is 6.54 Å².